The number of carbonyl (C=O) groups excluding carboxylic acids is 1. The summed E-state index contributed by atoms with van der Waals surface area (Å²) in [6, 6.07) is 7.74. The number of amides is 1. The van der Waals surface area contributed by atoms with Crippen molar-refractivity contribution in [2.45, 2.75) is 18.2 Å². The van der Waals surface area contributed by atoms with Crippen molar-refractivity contribution in [2.75, 3.05) is 39.0 Å². The van der Waals surface area contributed by atoms with Crippen LogP contribution in [0.1, 0.15) is 12.0 Å². The molecular weight excluding hydrogens is 288 g/mol. The number of carbonyl (C=O) groups is 1. The van der Waals surface area contributed by atoms with Gasteiger partial charge in [0, 0.05) is 18.5 Å². The van der Waals surface area contributed by atoms with E-state index in [0.29, 0.717) is 13.0 Å². The maximum absolute atomic E-state index is 12.1. The SMILES string of the molecule is COC(=O)N1CC[C@@]2(OCCO)c3ccccc3N(OC)[C@@H]12. The van der Waals surface area contributed by atoms with E-state index in [-0.39, 0.29) is 13.2 Å². The molecule has 0 bridgehead atoms. The van der Waals surface area contributed by atoms with Gasteiger partial charge in [0.05, 0.1) is 33.1 Å². The first-order valence-electron chi connectivity index (χ1n) is 7.22. The number of hydroxylamine groups is 1. The number of anilines is 1. The molecule has 2 atom stereocenters. The van der Waals surface area contributed by atoms with Gasteiger partial charge in [-0.2, -0.15) is 0 Å². The third-order valence-corrected chi connectivity index (χ3v) is 4.31. The fourth-order valence-electron chi connectivity index (χ4n) is 3.49. The molecule has 120 valence electrons. The Morgan fingerprint density at radius 3 is 2.86 bits per heavy atom. The van der Waals surface area contributed by atoms with E-state index in [4.69, 9.17) is 19.4 Å². The molecule has 1 N–H and O–H groups in total. The molecule has 3 rings (SSSR count). The van der Waals surface area contributed by atoms with Crippen LogP contribution < -0.4 is 5.06 Å². The van der Waals surface area contributed by atoms with Gasteiger partial charge in [0.1, 0.15) is 5.60 Å². The van der Waals surface area contributed by atoms with Crippen molar-refractivity contribution >= 4 is 11.8 Å². The Morgan fingerprint density at radius 1 is 1.41 bits per heavy atom. The highest BCUT2D eigenvalue weighted by molar-refractivity contribution is 5.72. The summed E-state index contributed by atoms with van der Waals surface area (Å²) < 4.78 is 10.9. The summed E-state index contributed by atoms with van der Waals surface area (Å²) in [6.07, 6.45) is -0.257. The number of fused-ring (bicyclic) bond motifs is 3. The number of hydrogen-bond donors (Lipinski definition) is 1. The normalized spacial score (nSPS) is 26.0. The van der Waals surface area contributed by atoms with E-state index in [1.54, 1.807) is 17.1 Å². The van der Waals surface area contributed by atoms with Crippen molar-refractivity contribution in [1.29, 1.82) is 0 Å². The molecule has 22 heavy (non-hydrogen) atoms. The number of methoxy groups -OCH3 is 1. The number of likely N-dealkylation sites (tertiary alicyclic amines) is 1. The fraction of sp³-hybridized carbons (Fsp3) is 0.533. The van der Waals surface area contributed by atoms with Gasteiger partial charge in [-0.05, 0) is 6.07 Å². The lowest BCUT2D eigenvalue weighted by Gasteiger charge is -2.35. The van der Waals surface area contributed by atoms with Crippen molar-refractivity contribution in [3.8, 4) is 0 Å². The first-order valence-corrected chi connectivity index (χ1v) is 7.22. The van der Waals surface area contributed by atoms with E-state index in [2.05, 4.69) is 0 Å². The van der Waals surface area contributed by atoms with Crippen LogP contribution in [0.4, 0.5) is 10.5 Å². The lowest BCUT2D eigenvalue weighted by Crippen LogP contribution is -2.52. The fourth-order valence-corrected chi connectivity index (χ4v) is 3.49. The Labute approximate surface area is 128 Å². The highest BCUT2D eigenvalue weighted by atomic mass is 16.7. The molecule has 0 saturated carbocycles. The van der Waals surface area contributed by atoms with E-state index in [1.165, 1.54) is 7.11 Å². The zero-order valence-electron chi connectivity index (χ0n) is 12.7. The summed E-state index contributed by atoms with van der Waals surface area (Å²) in [4.78, 5) is 19.2. The topological polar surface area (TPSA) is 71.5 Å². The highest BCUT2D eigenvalue weighted by Gasteiger charge is 2.60. The first kappa shape index (κ1) is 15.1. The van der Waals surface area contributed by atoms with Gasteiger partial charge in [0.15, 0.2) is 6.17 Å². The van der Waals surface area contributed by atoms with Gasteiger partial charge in [-0.25, -0.2) is 9.86 Å². The van der Waals surface area contributed by atoms with Crippen LogP contribution in [0.25, 0.3) is 0 Å². The van der Waals surface area contributed by atoms with E-state index in [1.807, 2.05) is 24.3 Å². The van der Waals surface area contributed by atoms with Gasteiger partial charge in [-0.3, -0.25) is 9.74 Å². The Bertz CT molecular complexity index is 567. The zero-order valence-corrected chi connectivity index (χ0v) is 12.7. The van der Waals surface area contributed by atoms with E-state index >= 15 is 0 Å². The highest BCUT2D eigenvalue weighted by Crippen LogP contribution is 2.52. The molecule has 1 aromatic carbocycles. The average molecular weight is 308 g/mol. The minimum Gasteiger partial charge on any atom is -0.453 e. The standard InChI is InChI=1S/C15H20N2O5/c1-20-14(19)16-8-7-15(22-10-9-18)11-5-3-4-6-12(11)17(21-2)13(15)16/h3-6,13,18H,7-10H2,1-2H3/t13-,15-/m1/s1. The molecular formula is C15H20N2O5. The molecule has 1 amide bonds. The molecule has 0 spiro atoms. The monoisotopic (exact) mass is 308 g/mol. The second kappa shape index (κ2) is 5.75. The molecule has 2 aliphatic rings. The molecule has 1 fully saturated rings. The van der Waals surface area contributed by atoms with Crippen molar-refractivity contribution in [2.24, 2.45) is 0 Å². The third-order valence-electron chi connectivity index (χ3n) is 4.31. The van der Waals surface area contributed by atoms with Gasteiger partial charge in [-0.15, -0.1) is 0 Å². The van der Waals surface area contributed by atoms with Crippen LogP contribution in [0, 0.1) is 0 Å². The molecule has 0 radical (unpaired) electrons. The quantitative estimate of drug-likeness (QED) is 0.897. The first-order chi connectivity index (χ1) is 10.7. The maximum Gasteiger partial charge on any atom is 0.411 e. The van der Waals surface area contributed by atoms with Crippen molar-refractivity contribution in [1.82, 2.24) is 4.90 Å². The largest absolute Gasteiger partial charge is 0.453 e. The van der Waals surface area contributed by atoms with E-state index in [9.17, 15) is 4.79 Å². The predicted molar refractivity (Wildman–Crippen MR) is 78.2 cm³/mol. The molecule has 1 saturated heterocycles. The summed E-state index contributed by atoms with van der Waals surface area (Å²) >= 11 is 0. The average Bonchev–Trinajstić information content (AvgIpc) is 3.05. The second-order valence-corrected chi connectivity index (χ2v) is 5.27. The third kappa shape index (κ3) is 1.97. The number of aliphatic hydroxyl groups is 1. The number of aliphatic hydroxyl groups excluding tert-OH is 1. The number of benzene rings is 1. The molecule has 7 nitrogen and oxygen atoms in total. The molecule has 2 aliphatic heterocycles. The van der Waals surface area contributed by atoms with Crippen LogP contribution in [-0.2, 0) is 19.9 Å². The Balaban J connectivity index is 2.08. The van der Waals surface area contributed by atoms with Gasteiger partial charge in [0.2, 0.25) is 0 Å². The van der Waals surface area contributed by atoms with Crippen LogP contribution in [0.3, 0.4) is 0 Å². The summed E-state index contributed by atoms with van der Waals surface area (Å²) in [6.45, 7) is 0.607. The van der Waals surface area contributed by atoms with E-state index < -0.39 is 17.9 Å². The zero-order chi connectivity index (χ0) is 15.7. The number of hydrogen-bond acceptors (Lipinski definition) is 6. The number of nitrogens with zero attached hydrogens (tertiary/aromatic N) is 2. The number of ether oxygens (including phenoxy) is 2. The van der Waals surface area contributed by atoms with Crippen LogP contribution >= 0.6 is 0 Å². The van der Waals surface area contributed by atoms with Crippen LogP contribution in [0.2, 0.25) is 0 Å². The lowest BCUT2D eigenvalue weighted by molar-refractivity contribution is -0.0906. The van der Waals surface area contributed by atoms with Crippen LogP contribution in [0.15, 0.2) is 24.3 Å². The molecule has 0 unspecified atom stereocenters. The van der Waals surface area contributed by atoms with Crippen LogP contribution in [-0.4, -0.2) is 56.2 Å². The van der Waals surface area contributed by atoms with Gasteiger partial charge in [0.25, 0.3) is 0 Å². The summed E-state index contributed by atoms with van der Waals surface area (Å²) in [5.74, 6) is 0. The smallest absolute Gasteiger partial charge is 0.411 e. The Hall–Kier alpha value is -1.83. The van der Waals surface area contributed by atoms with Crippen molar-refractivity contribution in [3.63, 3.8) is 0 Å². The molecule has 2 heterocycles. The number of para-hydroxylation sites is 1. The Morgan fingerprint density at radius 2 is 2.18 bits per heavy atom. The van der Waals surface area contributed by atoms with Gasteiger partial charge in [-0.1, -0.05) is 18.2 Å². The molecule has 1 aromatic rings. The second-order valence-electron chi connectivity index (χ2n) is 5.27. The van der Waals surface area contributed by atoms with Gasteiger partial charge < -0.3 is 14.6 Å². The minimum absolute atomic E-state index is 0.0815. The summed E-state index contributed by atoms with van der Waals surface area (Å²) in [5, 5.41) is 10.8. The summed E-state index contributed by atoms with van der Waals surface area (Å²) in [7, 11) is 2.92. The van der Waals surface area contributed by atoms with Crippen molar-refractivity contribution in [3.05, 3.63) is 29.8 Å². The van der Waals surface area contributed by atoms with E-state index in [0.717, 1.165) is 11.3 Å². The number of rotatable bonds is 4. The molecule has 7 heteroatoms. The molecule has 0 aliphatic carbocycles. The minimum atomic E-state index is -0.719. The maximum atomic E-state index is 12.1. The van der Waals surface area contributed by atoms with Gasteiger partial charge >= 0.3 is 6.09 Å². The summed E-state index contributed by atoms with van der Waals surface area (Å²) in [5.41, 5.74) is 1.10. The predicted octanol–water partition coefficient (Wildman–Crippen LogP) is 1.07. The molecule has 0 aromatic heterocycles. The van der Waals surface area contributed by atoms with Crippen molar-refractivity contribution < 1.29 is 24.2 Å². The lowest BCUT2D eigenvalue weighted by atomic mass is 9.92. The van der Waals surface area contributed by atoms with Crippen LogP contribution in [0.5, 0.6) is 0 Å². The Kier molecular flexibility index (Phi) is 3.94.